The van der Waals surface area contributed by atoms with Crippen molar-refractivity contribution in [3.05, 3.63) is 0 Å². The number of methoxy groups -OCH3 is 2. The molecule has 0 aromatic rings. The predicted octanol–water partition coefficient (Wildman–Crippen LogP) is 1.68. The zero-order valence-electron chi connectivity index (χ0n) is 10.3. The molecule has 0 amide bonds. The fourth-order valence-corrected chi connectivity index (χ4v) is 4.15. The number of esters is 2. The van der Waals surface area contributed by atoms with E-state index in [0.717, 1.165) is 0 Å². The summed E-state index contributed by atoms with van der Waals surface area (Å²) in [4.78, 5) is 23.2. The van der Waals surface area contributed by atoms with Crippen molar-refractivity contribution in [3.8, 4) is 0 Å². The fraction of sp³-hybridized carbons (Fsp3) is 0.800. The molecule has 0 fully saturated rings. The lowest BCUT2D eigenvalue weighted by atomic mass is 9.93. The Kier molecular flexibility index (Phi) is 4.52. The van der Waals surface area contributed by atoms with Crippen LogP contribution in [-0.2, 0) is 19.1 Å². The molecule has 0 rings (SSSR count). The Bertz CT molecular complexity index is 239. The van der Waals surface area contributed by atoms with Crippen molar-refractivity contribution in [1.29, 1.82) is 0 Å². The summed E-state index contributed by atoms with van der Waals surface area (Å²) in [5, 5.41) is 0. The molecule has 15 heavy (non-hydrogen) atoms. The van der Waals surface area contributed by atoms with Gasteiger partial charge in [-0.05, 0) is 13.0 Å². The number of hydrogen-bond donors (Lipinski definition) is 0. The van der Waals surface area contributed by atoms with Crippen LogP contribution >= 0.6 is 0 Å². The summed E-state index contributed by atoms with van der Waals surface area (Å²) in [7, 11) is 1.02. The predicted molar refractivity (Wildman–Crippen MR) is 60.3 cm³/mol. The summed E-state index contributed by atoms with van der Waals surface area (Å²) >= 11 is 0. The first-order chi connectivity index (χ1) is 6.67. The SMILES string of the molecule is COC(=O)C(C)(C[Si](C)(C)C)C(=O)OC. The average molecular weight is 232 g/mol. The zero-order valence-corrected chi connectivity index (χ0v) is 11.3. The summed E-state index contributed by atoms with van der Waals surface area (Å²) in [5.41, 5.74) is -1.16. The van der Waals surface area contributed by atoms with Crippen LogP contribution in [0.5, 0.6) is 0 Å². The van der Waals surface area contributed by atoms with Crippen molar-refractivity contribution in [3.63, 3.8) is 0 Å². The van der Waals surface area contributed by atoms with Gasteiger partial charge in [-0.15, -0.1) is 0 Å². The minimum atomic E-state index is -1.55. The van der Waals surface area contributed by atoms with Gasteiger partial charge in [0.25, 0.3) is 0 Å². The Labute approximate surface area is 92.0 Å². The second-order valence-electron chi connectivity index (χ2n) is 5.05. The molecule has 0 unspecified atom stereocenters. The van der Waals surface area contributed by atoms with E-state index in [2.05, 4.69) is 29.1 Å². The van der Waals surface area contributed by atoms with Gasteiger partial charge in [-0.2, -0.15) is 0 Å². The number of hydrogen-bond acceptors (Lipinski definition) is 4. The Morgan fingerprint density at radius 1 is 1.07 bits per heavy atom. The van der Waals surface area contributed by atoms with Crippen molar-refractivity contribution in [2.45, 2.75) is 32.6 Å². The molecule has 0 bridgehead atoms. The van der Waals surface area contributed by atoms with E-state index in [9.17, 15) is 9.59 Å². The number of ether oxygens (including phenoxy) is 2. The molecule has 0 heterocycles. The normalized spacial score (nSPS) is 12.1. The van der Waals surface area contributed by atoms with Crippen LogP contribution in [0.3, 0.4) is 0 Å². The second kappa shape index (κ2) is 4.79. The van der Waals surface area contributed by atoms with E-state index in [4.69, 9.17) is 0 Å². The molecule has 88 valence electrons. The van der Waals surface area contributed by atoms with Crippen molar-refractivity contribution in [2.75, 3.05) is 14.2 Å². The van der Waals surface area contributed by atoms with Crippen LogP contribution in [-0.4, -0.2) is 34.2 Å². The lowest BCUT2D eigenvalue weighted by Gasteiger charge is -2.29. The second-order valence-corrected chi connectivity index (χ2v) is 10.5. The van der Waals surface area contributed by atoms with E-state index in [1.54, 1.807) is 6.92 Å². The molecule has 0 aliphatic rings. The molecule has 0 aromatic heterocycles. The topological polar surface area (TPSA) is 52.6 Å². The molecule has 0 aliphatic carbocycles. The zero-order chi connectivity index (χ0) is 12.3. The van der Waals surface area contributed by atoms with Crippen molar-refractivity contribution >= 4 is 20.0 Å². The fourth-order valence-electron chi connectivity index (χ4n) is 1.74. The Morgan fingerprint density at radius 2 is 1.40 bits per heavy atom. The molecule has 5 heteroatoms. The van der Waals surface area contributed by atoms with Crippen LogP contribution < -0.4 is 0 Å². The van der Waals surface area contributed by atoms with E-state index in [1.807, 2.05) is 0 Å². The van der Waals surface area contributed by atoms with Crippen molar-refractivity contribution < 1.29 is 19.1 Å². The number of rotatable bonds is 4. The average Bonchev–Trinajstić information content (AvgIpc) is 2.12. The third kappa shape index (κ3) is 3.66. The third-order valence-corrected chi connectivity index (χ3v) is 3.92. The van der Waals surface area contributed by atoms with E-state index in [1.165, 1.54) is 14.2 Å². The highest BCUT2D eigenvalue weighted by Gasteiger charge is 2.46. The molecule has 0 aromatic carbocycles. The highest BCUT2D eigenvalue weighted by atomic mass is 28.3. The van der Waals surface area contributed by atoms with Crippen LogP contribution in [0.2, 0.25) is 25.7 Å². The molecular formula is C10H20O4Si. The van der Waals surface area contributed by atoms with Gasteiger partial charge in [0.1, 0.15) is 0 Å². The van der Waals surface area contributed by atoms with Crippen LogP contribution in [0.15, 0.2) is 0 Å². The lowest BCUT2D eigenvalue weighted by Crippen LogP contribution is -2.43. The first-order valence-electron chi connectivity index (χ1n) is 4.84. The van der Waals surface area contributed by atoms with E-state index >= 15 is 0 Å². The molecule has 0 radical (unpaired) electrons. The Balaban J connectivity index is 5.04. The molecule has 0 atom stereocenters. The smallest absolute Gasteiger partial charge is 0.322 e. The molecule has 0 aliphatic heterocycles. The third-order valence-electron chi connectivity index (χ3n) is 2.16. The quantitative estimate of drug-likeness (QED) is 0.420. The first kappa shape index (κ1) is 14.2. The maximum absolute atomic E-state index is 11.6. The van der Waals surface area contributed by atoms with Crippen LogP contribution in [0.25, 0.3) is 0 Å². The molecule has 0 N–H and O–H groups in total. The van der Waals surface area contributed by atoms with Crippen molar-refractivity contribution in [2.24, 2.45) is 5.41 Å². The molecule has 0 spiro atoms. The number of carbonyl (C=O) groups is 2. The van der Waals surface area contributed by atoms with Gasteiger partial charge >= 0.3 is 11.9 Å². The molecule has 4 nitrogen and oxygen atoms in total. The summed E-state index contributed by atoms with van der Waals surface area (Å²) in [6.07, 6.45) is 0. The van der Waals surface area contributed by atoms with Gasteiger partial charge in [0, 0.05) is 8.07 Å². The minimum Gasteiger partial charge on any atom is -0.468 e. The Hall–Kier alpha value is -0.843. The maximum atomic E-state index is 11.6. The van der Waals surface area contributed by atoms with Gasteiger partial charge in [-0.1, -0.05) is 19.6 Å². The van der Waals surface area contributed by atoms with Crippen LogP contribution in [0.1, 0.15) is 6.92 Å². The molecule has 0 saturated heterocycles. The van der Waals surface area contributed by atoms with Crippen LogP contribution in [0.4, 0.5) is 0 Å². The standard InChI is InChI=1S/C10H20O4Si/c1-10(8(11)13-2,9(12)14-3)7-15(4,5)6/h7H2,1-6H3. The summed E-state index contributed by atoms with van der Waals surface area (Å²) < 4.78 is 9.33. The van der Waals surface area contributed by atoms with Gasteiger partial charge in [0.2, 0.25) is 0 Å². The van der Waals surface area contributed by atoms with Gasteiger partial charge in [0.15, 0.2) is 5.41 Å². The summed E-state index contributed by atoms with van der Waals surface area (Å²) in [6.45, 7) is 7.87. The van der Waals surface area contributed by atoms with Crippen LogP contribution in [0, 0.1) is 5.41 Å². The monoisotopic (exact) mass is 232 g/mol. The highest BCUT2D eigenvalue weighted by Crippen LogP contribution is 2.31. The highest BCUT2D eigenvalue weighted by molar-refractivity contribution is 6.76. The Morgan fingerprint density at radius 3 is 1.60 bits per heavy atom. The number of carbonyl (C=O) groups excluding carboxylic acids is 2. The summed E-state index contributed by atoms with van der Waals surface area (Å²) in [6, 6.07) is 0.527. The lowest BCUT2D eigenvalue weighted by molar-refractivity contribution is -0.166. The largest absolute Gasteiger partial charge is 0.468 e. The van der Waals surface area contributed by atoms with Crippen molar-refractivity contribution in [1.82, 2.24) is 0 Å². The van der Waals surface area contributed by atoms with Gasteiger partial charge in [0.05, 0.1) is 14.2 Å². The van der Waals surface area contributed by atoms with E-state index < -0.39 is 25.4 Å². The van der Waals surface area contributed by atoms with Gasteiger partial charge in [-0.3, -0.25) is 9.59 Å². The van der Waals surface area contributed by atoms with E-state index in [-0.39, 0.29) is 0 Å². The van der Waals surface area contributed by atoms with E-state index in [0.29, 0.717) is 6.04 Å². The molecule has 0 saturated carbocycles. The van der Waals surface area contributed by atoms with Gasteiger partial charge < -0.3 is 9.47 Å². The summed E-state index contributed by atoms with van der Waals surface area (Å²) in [5.74, 6) is -1.03. The maximum Gasteiger partial charge on any atom is 0.322 e. The molecular weight excluding hydrogens is 212 g/mol. The minimum absolute atomic E-state index is 0.517. The van der Waals surface area contributed by atoms with Gasteiger partial charge in [-0.25, -0.2) is 0 Å². The first-order valence-corrected chi connectivity index (χ1v) is 8.55.